The van der Waals surface area contributed by atoms with Gasteiger partial charge < -0.3 is 0 Å². The SMILES string of the molecule is C[C@]1(F)CN=C(Cl)N=C1Cl. The average molecular weight is 183 g/mol. The molecule has 5 heteroatoms. The first-order valence-corrected chi connectivity index (χ1v) is 3.41. The third-order valence-electron chi connectivity index (χ3n) is 1.13. The number of amidine groups is 1. The molecule has 2 nitrogen and oxygen atoms in total. The molecule has 0 amide bonds. The molecule has 0 saturated carbocycles. The lowest BCUT2D eigenvalue weighted by molar-refractivity contribution is 0.297. The molecule has 0 spiro atoms. The van der Waals surface area contributed by atoms with E-state index in [1.165, 1.54) is 6.92 Å². The van der Waals surface area contributed by atoms with Crippen molar-refractivity contribution in [2.45, 2.75) is 12.6 Å². The van der Waals surface area contributed by atoms with Gasteiger partial charge in [-0.3, -0.25) is 4.99 Å². The third-order valence-corrected chi connectivity index (χ3v) is 1.81. The fourth-order valence-corrected chi connectivity index (χ4v) is 0.839. The molecule has 0 N–H and O–H groups in total. The Bertz CT molecular complexity index is 210. The zero-order valence-corrected chi connectivity index (χ0v) is 6.75. The largest absolute Gasteiger partial charge is 0.252 e. The summed E-state index contributed by atoms with van der Waals surface area (Å²) < 4.78 is 13.0. The number of nitrogens with zero attached hydrogens (tertiary/aromatic N) is 2. The molecule has 0 aromatic carbocycles. The smallest absolute Gasteiger partial charge is 0.219 e. The summed E-state index contributed by atoms with van der Waals surface area (Å²) in [5.74, 6) is 0. The first-order valence-electron chi connectivity index (χ1n) is 2.66. The highest BCUT2D eigenvalue weighted by molar-refractivity contribution is 6.73. The van der Waals surface area contributed by atoms with E-state index in [1.54, 1.807) is 0 Å². The Kier molecular flexibility index (Phi) is 1.97. The van der Waals surface area contributed by atoms with Crippen LogP contribution in [0.1, 0.15) is 6.92 Å². The molecule has 1 aliphatic rings. The number of aliphatic imine (C=N–C) groups is 2. The van der Waals surface area contributed by atoms with Crippen LogP contribution in [0.15, 0.2) is 9.98 Å². The first kappa shape index (κ1) is 7.95. The van der Waals surface area contributed by atoms with E-state index in [0.717, 1.165) is 0 Å². The number of hydrogen-bond acceptors (Lipinski definition) is 2. The molecular formula is C5H5Cl2FN2. The Morgan fingerprint density at radius 3 is 2.60 bits per heavy atom. The van der Waals surface area contributed by atoms with Gasteiger partial charge in [-0.25, -0.2) is 9.38 Å². The lowest BCUT2D eigenvalue weighted by Gasteiger charge is -2.18. The second-order valence-electron chi connectivity index (χ2n) is 2.19. The van der Waals surface area contributed by atoms with E-state index in [1.807, 2.05) is 0 Å². The van der Waals surface area contributed by atoms with Crippen LogP contribution in [0, 0.1) is 0 Å². The standard InChI is InChI=1S/C5H5Cl2FN2/c1-5(8)2-9-4(7)10-3(5)6/h2H2,1H3/t5-/m0/s1. The van der Waals surface area contributed by atoms with Crippen LogP contribution < -0.4 is 0 Å². The molecule has 0 fully saturated rings. The van der Waals surface area contributed by atoms with E-state index in [0.29, 0.717) is 0 Å². The number of hydrogen-bond donors (Lipinski definition) is 0. The van der Waals surface area contributed by atoms with Crippen LogP contribution in [0.5, 0.6) is 0 Å². The fourth-order valence-electron chi connectivity index (χ4n) is 0.512. The molecule has 1 heterocycles. The van der Waals surface area contributed by atoms with Gasteiger partial charge in [0.2, 0.25) is 5.29 Å². The second-order valence-corrected chi connectivity index (χ2v) is 2.88. The van der Waals surface area contributed by atoms with Crippen molar-refractivity contribution in [1.82, 2.24) is 0 Å². The molecule has 1 rings (SSSR count). The average Bonchev–Trinajstić information content (AvgIpc) is 1.81. The van der Waals surface area contributed by atoms with Crippen molar-refractivity contribution in [1.29, 1.82) is 0 Å². The van der Waals surface area contributed by atoms with Crippen molar-refractivity contribution in [2.24, 2.45) is 9.98 Å². The summed E-state index contributed by atoms with van der Waals surface area (Å²) in [5.41, 5.74) is -1.64. The highest BCUT2D eigenvalue weighted by Crippen LogP contribution is 2.20. The molecule has 10 heavy (non-hydrogen) atoms. The Morgan fingerprint density at radius 2 is 2.20 bits per heavy atom. The third kappa shape index (κ3) is 1.47. The summed E-state index contributed by atoms with van der Waals surface area (Å²) in [4.78, 5) is 7.03. The molecule has 0 unspecified atom stereocenters. The van der Waals surface area contributed by atoms with Gasteiger partial charge in [0, 0.05) is 0 Å². The van der Waals surface area contributed by atoms with Gasteiger partial charge in [-0.1, -0.05) is 11.6 Å². The van der Waals surface area contributed by atoms with E-state index >= 15 is 0 Å². The molecule has 0 radical (unpaired) electrons. The number of alkyl halides is 1. The van der Waals surface area contributed by atoms with Crippen LogP contribution in [0.25, 0.3) is 0 Å². The predicted octanol–water partition coefficient (Wildman–Crippen LogP) is 1.96. The monoisotopic (exact) mass is 182 g/mol. The van der Waals surface area contributed by atoms with Crippen LogP contribution in [-0.2, 0) is 0 Å². The minimum absolute atomic E-state index is 0.0140. The van der Waals surface area contributed by atoms with Gasteiger partial charge in [-0.05, 0) is 18.5 Å². The summed E-state index contributed by atoms with van der Waals surface area (Å²) in [7, 11) is 0. The zero-order valence-electron chi connectivity index (χ0n) is 5.24. The lowest BCUT2D eigenvalue weighted by atomic mass is 10.1. The number of halogens is 3. The Hall–Kier alpha value is -0.150. The van der Waals surface area contributed by atoms with Crippen molar-refractivity contribution < 1.29 is 4.39 Å². The van der Waals surface area contributed by atoms with Crippen LogP contribution >= 0.6 is 23.2 Å². The maximum absolute atomic E-state index is 13.0. The van der Waals surface area contributed by atoms with Gasteiger partial charge in [-0.2, -0.15) is 0 Å². The van der Waals surface area contributed by atoms with E-state index in [2.05, 4.69) is 9.98 Å². The van der Waals surface area contributed by atoms with Crippen molar-refractivity contribution >= 4 is 33.7 Å². The lowest BCUT2D eigenvalue weighted by Crippen LogP contribution is -2.33. The molecule has 0 bridgehead atoms. The van der Waals surface area contributed by atoms with Gasteiger partial charge in [0.1, 0.15) is 5.17 Å². The molecule has 0 saturated heterocycles. The molecule has 0 aliphatic carbocycles. The van der Waals surface area contributed by atoms with E-state index in [4.69, 9.17) is 23.2 Å². The van der Waals surface area contributed by atoms with Crippen molar-refractivity contribution in [2.75, 3.05) is 6.54 Å². The Labute approximate surface area is 67.8 Å². The summed E-state index contributed by atoms with van der Waals surface area (Å²) in [6, 6.07) is 0. The van der Waals surface area contributed by atoms with E-state index in [9.17, 15) is 4.39 Å². The van der Waals surface area contributed by atoms with Crippen LogP contribution in [0.4, 0.5) is 4.39 Å². The molecule has 1 aliphatic heterocycles. The molecular weight excluding hydrogens is 178 g/mol. The molecule has 56 valence electrons. The Balaban J connectivity index is 2.88. The molecule has 0 aromatic rings. The molecule has 1 atom stereocenters. The summed E-state index contributed by atoms with van der Waals surface area (Å²) in [5, 5.41) is -0.118. The van der Waals surface area contributed by atoms with E-state index in [-0.39, 0.29) is 17.0 Å². The maximum Gasteiger partial charge on any atom is 0.219 e. The van der Waals surface area contributed by atoms with Crippen LogP contribution in [0.2, 0.25) is 0 Å². The Morgan fingerprint density at radius 1 is 1.60 bits per heavy atom. The summed E-state index contributed by atoms with van der Waals surface area (Å²) in [6.07, 6.45) is 0. The van der Waals surface area contributed by atoms with Gasteiger partial charge in [0.15, 0.2) is 5.67 Å². The predicted molar refractivity (Wildman–Crippen MR) is 41.0 cm³/mol. The van der Waals surface area contributed by atoms with Gasteiger partial charge in [0.05, 0.1) is 6.54 Å². The van der Waals surface area contributed by atoms with Crippen molar-refractivity contribution in [3.8, 4) is 0 Å². The van der Waals surface area contributed by atoms with Gasteiger partial charge >= 0.3 is 0 Å². The van der Waals surface area contributed by atoms with Gasteiger partial charge in [-0.15, -0.1) is 0 Å². The topological polar surface area (TPSA) is 24.7 Å². The summed E-state index contributed by atoms with van der Waals surface area (Å²) >= 11 is 10.8. The minimum atomic E-state index is -1.64. The van der Waals surface area contributed by atoms with Crippen molar-refractivity contribution in [3.05, 3.63) is 0 Å². The highest BCUT2D eigenvalue weighted by atomic mass is 35.5. The van der Waals surface area contributed by atoms with Gasteiger partial charge in [0.25, 0.3) is 0 Å². The number of rotatable bonds is 0. The second kappa shape index (κ2) is 2.47. The first-order chi connectivity index (χ1) is 4.52. The highest BCUT2D eigenvalue weighted by Gasteiger charge is 2.31. The quantitative estimate of drug-likeness (QED) is 0.513. The van der Waals surface area contributed by atoms with Crippen LogP contribution in [-0.4, -0.2) is 22.7 Å². The van der Waals surface area contributed by atoms with E-state index < -0.39 is 5.67 Å². The van der Waals surface area contributed by atoms with Crippen LogP contribution in [0.3, 0.4) is 0 Å². The summed E-state index contributed by atoms with van der Waals surface area (Å²) in [6.45, 7) is 1.26. The van der Waals surface area contributed by atoms with Crippen molar-refractivity contribution in [3.63, 3.8) is 0 Å². The minimum Gasteiger partial charge on any atom is -0.252 e. The zero-order chi connectivity index (χ0) is 7.78. The molecule has 0 aromatic heterocycles. The fraction of sp³-hybridized carbons (Fsp3) is 0.600. The normalized spacial score (nSPS) is 33.2. The maximum atomic E-state index is 13.0.